The van der Waals surface area contributed by atoms with Crippen LogP contribution < -0.4 is 14.9 Å². The van der Waals surface area contributed by atoms with E-state index in [9.17, 15) is 9.90 Å². The van der Waals surface area contributed by atoms with E-state index in [2.05, 4.69) is 26.5 Å². The van der Waals surface area contributed by atoms with Gasteiger partial charge in [-0.05, 0) is 57.4 Å². The highest BCUT2D eigenvalue weighted by atomic mass is 79.9. The lowest BCUT2D eigenvalue weighted by Gasteiger charge is -2.09. The van der Waals surface area contributed by atoms with Gasteiger partial charge >= 0.3 is 0 Å². The van der Waals surface area contributed by atoms with E-state index in [0.717, 1.165) is 11.1 Å². The normalized spacial score (nSPS) is 10.6. The van der Waals surface area contributed by atoms with Crippen LogP contribution in [0.4, 0.5) is 0 Å². The molecule has 0 saturated heterocycles. The Labute approximate surface area is 148 Å². The number of nitrogens with zero attached hydrogens (tertiary/aromatic N) is 1. The van der Waals surface area contributed by atoms with Crippen LogP contribution in [-0.4, -0.2) is 31.4 Å². The Morgan fingerprint density at radius 1 is 1.21 bits per heavy atom. The number of hydrazone groups is 1. The molecule has 0 radical (unpaired) electrons. The molecule has 0 aromatic heterocycles. The molecule has 0 aliphatic rings. The molecule has 0 aliphatic carbocycles. The van der Waals surface area contributed by atoms with Gasteiger partial charge in [-0.3, -0.25) is 4.79 Å². The minimum absolute atomic E-state index is 0.143. The van der Waals surface area contributed by atoms with Gasteiger partial charge in [0, 0.05) is 0 Å². The Balaban J connectivity index is 1.95. The topological polar surface area (TPSA) is 80.2 Å². The molecule has 2 aromatic rings. The van der Waals surface area contributed by atoms with Crippen molar-refractivity contribution < 1.29 is 19.4 Å². The van der Waals surface area contributed by atoms with Gasteiger partial charge < -0.3 is 14.6 Å². The van der Waals surface area contributed by atoms with Gasteiger partial charge in [-0.1, -0.05) is 6.07 Å². The predicted octanol–water partition coefficient (Wildman–Crippen LogP) is 2.86. The summed E-state index contributed by atoms with van der Waals surface area (Å²) in [6.07, 6.45) is 1.66. The van der Waals surface area contributed by atoms with Crippen LogP contribution in [0.5, 0.6) is 17.2 Å². The van der Waals surface area contributed by atoms with Crippen LogP contribution in [0.2, 0.25) is 0 Å². The molecule has 1 amide bonds. The first kappa shape index (κ1) is 17.8. The van der Waals surface area contributed by atoms with Crippen LogP contribution in [0.25, 0.3) is 0 Å². The van der Waals surface area contributed by atoms with Crippen molar-refractivity contribution in [3.8, 4) is 17.2 Å². The fourth-order valence-corrected chi connectivity index (χ4v) is 2.39. The molecule has 0 saturated carbocycles. The molecule has 0 heterocycles. The summed E-state index contributed by atoms with van der Waals surface area (Å²) in [4.78, 5) is 11.9. The monoisotopic (exact) mass is 392 g/mol. The van der Waals surface area contributed by atoms with Gasteiger partial charge in [-0.25, -0.2) is 5.43 Å². The summed E-state index contributed by atoms with van der Waals surface area (Å²) in [5.41, 5.74) is 3.99. The van der Waals surface area contributed by atoms with Gasteiger partial charge in [-0.2, -0.15) is 5.10 Å². The molecule has 0 fully saturated rings. The Bertz CT molecular complexity index is 762. The first-order valence-electron chi connectivity index (χ1n) is 7.05. The number of ether oxygens (including phenoxy) is 2. The number of nitrogens with one attached hydrogen (secondary N) is 1. The Morgan fingerprint density at radius 2 is 1.96 bits per heavy atom. The zero-order valence-corrected chi connectivity index (χ0v) is 14.8. The zero-order valence-electron chi connectivity index (χ0n) is 13.2. The number of aromatic hydroxyl groups is 1. The maximum Gasteiger partial charge on any atom is 0.244 e. The molecule has 0 bridgehead atoms. The van der Waals surface area contributed by atoms with Crippen LogP contribution in [0, 0.1) is 0 Å². The van der Waals surface area contributed by atoms with Crippen molar-refractivity contribution in [2.45, 2.75) is 6.42 Å². The summed E-state index contributed by atoms with van der Waals surface area (Å²) < 4.78 is 10.9. The third kappa shape index (κ3) is 4.73. The fraction of sp³-hybridized carbons (Fsp3) is 0.176. The molecule has 2 rings (SSSR count). The van der Waals surface area contributed by atoms with E-state index in [0.29, 0.717) is 16.0 Å². The Morgan fingerprint density at radius 3 is 2.62 bits per heavy atom. The predicted molar refractivity (Wildman–Crippen MR) is 94.8 cm³/mol. The van der Waals surface area contributed by atoms with E-state index in [1.54, 1.807) is 44.6 Å². The van der Waals surface area contributed by atoms with E-state index in [1.807, 2.05) is 0 Å². The van der Waals surface area contributed by atoms with E-state index in [-0.39, 0.29) is 18.1 Å². The lowest BCUT2D eigenvalue weighted by molar-refractivity contribution is -0.120. The SMILES string of the molecule is COc1ccc(CC(=O)N/N=C/c2ccc(O)c(Br)c2)cc1OC. The number of hydrogen-bond acceptors (Lipinski definition) is 5. The second kappa shape index (κ2) is 8.35. The van der Waals surface area contributed by atoms with E-state index in [1.165, 1.54) is 12.3 Å². The average Bonchev–Trinajstić information content (AvgIpc) is 2.58. The van der Waals surface area contributed by atoms with Crippen molar-refractivity contribution in [2.75, 3.05) is 14.2 Å². The molecule has 24 heavy (non-hydrogen) atoms. The van der Waals surface area contributed by atoms with Gasteiger partial charge in [0.05, 0.1) is 31.3 Å². The molecule has 126 valence electrons. The minimum Gasteiger partial charge on any atom is -0.507 e. The van der Waals surface area contributed by atoms with Crippen LogP contribution in [0.1, 0.15) is 11.1 Å². The largest absolute Gasteiger partial charge is 0.507 e. The smallest absolute Gasteiger partial charge is 0.244 e. The van der Waals surface area contributed by atoms with Crippen molar-refractivity contribution in [2.24, 2.45) is 5.10 Å². The standard InChI is InChI=1S/C17H17BrN2O4/c1-23-15-6-4-11(8-16(15)24-2)9-17(22)20-19-10-12-3-5-14(21)13(18)7-12/h3-8,10,21H,9H2,1-2H3,(H,20,22)/b19-10+. The summed E-state index contributed by atoms with van der Waals surface area (Å²) >= 11 is 3.22. The highest BCUT2D eigenvalue weighted by Crippen LogP contribution is 2.27. The third-order valence-corrected chi connectivity index (χ3v) is 3.82. The molecule has 0 unspecified atom stereocenters. The number of halogens is 1. The molecule has 2 N–H and O–H groups in total. The fourth-order valence-electron chi connectivity index (χ4n) is 2.00. The summed E-state index contributed by atoms with van der Waals surface area (Å²) in [5, 5.41) is 13.3. The minimum atomic E-state index is -0.253. The molecular weight excluding hydrogens is 376 g/mol. The second-order valence-electron chi connectivity index (χ2n) is 4.87. The van der Waals surface area contributed by atoms with Gasteiger partial charge in [0.2, 0.25) is 5.91 Å². The maximum atomic E-state index is 11.9. The number of methoxy groups -OCH3 is 2. The molecule has 0 spiro atoms. The first-order valence-corrected chi connectivity index (χ1v) is 7.84. The van der Waals surface area contributed by atoms with Gasteiger partial charge in [0.1, 0.15) is 5.75 Å². The van der Waals surface area contributed by atoms with Crippen molar-refractivity contribution in [1.82, 2.24) is 5.43 Å². The molecule has 7 heteroatoms. The van der Waals surface area contributed by atoms with Crippen LogP contribution in [0.3, 0.4) is 0 Å². The van der Waals surface area contributed by atoms with Crippen molar-refractivity contribution in [3.05, 3.63) is 52.0 Å². The molecule has 6 nitrogen and oxygen atoms in total. The van der Waals surface area contributed by atoms with Gasteiger partial charge in [0.15, 0.2) is 11.5 Å². The lowest BCUT2D eigenvalue weighted by Crippen LogP contribution is -2.19. The number of phenolic OH excluding ortho intramolecular Hbond substituents is 1. The number of carbonyl (C=O) groups excluding carboxylic acids is 1. The third-order valence-electron chi connectivity index (χ3n) is 3.19. The maximum absolute atomic E-state index is 11.9. The average molecular weight is 393 g/mol. The Kier molecular flexibility index (Phi) is 6.20. The number of rotatable bonds is 6. The summed E-state index contributed by atoms with van der Waals surface area (Å²) in [6.45, 7) is 0. The number of benzene rings is 2. The summed E-state index contributed by atoms with van der Waals surface area (Å²) in [7, 11) is 3.10. The molecule has 2 aromatic carbocycles. The Hall–Kier alpha value is -2.54. The zero-order chi connectivity index (χ0) is 17.5. The summed E-state index contributed by atoms with van der Waals surface area (Å²) in [5.74, 6) is 1.07. The van der Waals surface area contributed by atoms with Crippen LogP contribution in [-0.2, 0) is 11.2 Å². The summed E-state index contributed by atoms with van der Waals surface area (Å²) in [6, 6.07) is 10.2. The van der Waals surface area contributed by atoms with Gasteiger partial charge in [0.25, 0.3) is 0 Å². The van der Waals surface area contributed by atoms with Crippen LogP contribution in [0.15, 0.2) is 46.0 Å². The highest BCUT2D eigenvalue weighted by Gasteiger charge is 2.07. The highest BCUT2D eigenvalue weighted by molar-refractivity contribution is 9.10. The number of carbonyl (C=O) groups is 1. The van der Waals surface area contributed by atoms with Gasteiger partial charge in [-0.15, -0.1) is 0 Å². The molecule has 0 aliphatic heterocycles. The second-order valence-corrected chi connectivity index (χ2v) is 5.72. The van der Waals surface area contributed by atoms with E-state index >= 15 is 0 Å². The first-order chi connectivity index (χ1) is 11.5. The number of phenols is 1. The van der Waals surface area contributed by atoms with E-state index in [4.69, 9.17) is 9.47 Å². The lowest BCUT2D eigenvalue weighted by atomic mass is 10.1. The van der Waals surface area contributed by atoms with Crippen LogP contribution >= 0.6 is 15.9 Å². The van der Waals surface area contributed by atoms with E-state index < -0.39 is 0 Å². The van der Waals surface area contributed by atoms with Crippen molar-refractivity contribution >= 4 is 28.1 Å². The molecule has 0 atom stereocenters. The quantitative estimate of drug-likeness (QED) is 0.584. The van der Waals surface area contributed by atoms with Crippen molar-refractivity contribution in [1.29, 1.82) is 0 Å². The van der Waals surface area contributed by atoms with Crippen molar-refractivity contribution in [3.63, 3.8) is 0 Å². The molecular formula is C17H17BrN2O4. The number of hydrogen-bond donors (Lipinski definition) is 2. The number of amides is 1.